The minimum absolute atomic E-state index is 0.169. The molecule has 2 unspecified atom stereocenters. The van der Waals surface area contributed by atoms with Crippen LogP contribution in [0.2, 0.25) is 0 Å². The number of carboxylic acids is 1. The lowest BCUT2D eigenvalue weighted by Gasteiger charge is -2.27. The number of fused-ring (bicyclic) bond motifs is 1. The van der Waals surface area contributed by atoms with E-state index in [-0.39, 0.29) is 6.42 Å². The van der Waals surface area contributed by atoms with Crippen LogP contribution in [0, 0.1) is 6.92 Å². The molecule has 0 aromatic carbocycles. The molecule has 18 heavy (non-hydrogen) atoms. The van der Waals surface area contributed by atoms with E-state index in [1.807, 2.05) is 0 Å². The topological polar surface area (TPSA) is 40.5 Å². The van der Waals surface area contributed by atoms with Crippen molar-refractivity contribution in [1.29, 1.82) is 0 Å². The Bertz CT molecular complexity index is 467. The number of nitrogens with zero attached hydrogens (tertiary/aromatic N) is 1. The molecule has 2 heterocycles. The van der Waals surface area contributed by atoms with Crippen LogP contribution in [0.25, 0.3) is 0 Å². The van der Waals surface area contributed by atoms with Crippen LogP contribution in [0.1, 0.15) is 34.7 Å². The molecule has 100 valence electrons. The van der Waals surface area contributed by atoms with E-state index in [2.05, 4.69) is 32.7 Å². The number of carboxylic acid groups (broad SMARTS) is 1. The maximum Gasteiger partial charge on any atom is 0.308 e. The normalized spacial score (nSPS) is 24.7. The highest BCUT2D eigenvalue weighted by Crippen LogP contribution is 2.34. The minimum atomic E-state index is -0.729. The van der Waals surface area contributed by atoms with E-state index in [0.29, 0.717) is 12.1 Å². The fourth-order valence-electron chi connectivity index (χ4n) is 2.69. The molecule has 2 atom stereocenters. The third kappa shape index (κ3) is 2.45. The Labute approximate surface area is 112 Å². The Kier molecular flexibility index (Phi) is 3.78. The van der Waals surface area contributed by atoms with Gasteiger partial charge in [-0.2, -0.15) is 0 Å². The number of hydrogen-bond acceptors (Lipinski definition) is 3. The highest BCUT2D eigenvalue weighted by Gasteiger charge is 2.27. The fourth-order valence-corrected chi connectivity index (χ4v) is 4.14. The molecule has 0 saturated heterocycles. The van der Waals surface area contributed by atoms with Gasteiger partial charge in [-0.3, -0.25) is 4.79 Å². The second-order valence-corrected chi connectivity index (χ2v) is 6.58. The average molecular weight is 267 g/mol. The summed E-state index contributed by atoms with van der Waals surface area (Å²) in [6.07, 6.45) is 2.25. The van der Waals surface area contributed by atoms with Crippen molar-refractivity contribution < 1.29 is 9.90 Å². The van der Waals surface area contributed by atoms with Crippen molar-refractivity contribution in [2.75, 3.05) is 7.05 Å². The molecule has 1 aromatic heterocycles. The van der Waals surface area contributed by atoms with Crippen LogP contribution in [0.3, 0.4) is 0 Å². The minimum Gasteiger partial charge on any atom is -0.481 e. The molecule has 4 heteroatoms. The second kappa shape index (κ2) is 5.02. The van der Waals surface area contributed by atoms with Gasteiger partial charge in [0, 0.05) is 21.8 Å². The molecule has 2 rings (SSSR count). The highest BCUT2D eigenvalue weighted by atomic mass is 32.1. The van der Waals surface area contributed by atoms with Crippen molar-refractivity contribution in [2.45, 2.75) is 52.1 Å². The first-order valence-corrected chi connectivity index (χ1v) is 7.25. The highest BCUT2D eigenvalue weighted by molar-refractivity contribution is 7.12. The van der Waals surface area contributed by atoms with E-state index in [4.69, 9.17) is 5.11 Å². The number of rotatable bonds is 2. The Morgan fingerprint density at radius 1 is 1.39 bits per heavy atom. The first kappa shape index (κ1) is 13.6. The lowest BCUT2D eigenvalue weighted by molar-refractivity contribution is -0.136. The van der Waals surface area contributed by atoms with Crippen molar-refractivity contribution in [3.8, 4) is 0 Å². The van der Waals surface area contributed by atoms with Gasteiger partial charge in [-0.05, 0) is 51.8 Å². The van der Waals surface area contributed by atoms with Gasteiger partial charge in [0.1, 0.15) is 0 Å². The monoisotopic (exact) mass is 267 g/mol. The van der Waals surface area contributed by atoms with Crippen LogP contribution in [0.15, 0.2) is 0 Å². The molecule has 1 aromatic rings. The molecule has 0 aliphatic carbocycles. The lowest BCUT2D eigenvalue weighted by atomic mass is 10.0. The van der Waals surface area contributed by atoms with Gasteiger partial charge in [-0.1, -0.05) is 0 Å². The summed E-state index contributed by atoms with van der Waals surface area (Å²) < 4.78 is 0. The van der Waals surface area contributed by atoms with Crippen molar-refractivity contribution in [3.63, 3.8) is 0 Å². The third-order valence-electron chi connectivity index (χ3n) is 4.14. The average Bonchev–Trinajstić information content (AvgIpc) is 2.49. The molecule has 0 radical (unpaired) electrons. The van der Waals surface area contributed by atoms with Crippen molar-refractivity contribution in [1.82, 2.24) is 4.90 Å². The van der Waals surface area contributed by atoms with Gasteiger partial charge in [-0.25, -0.2) is 0 Å². The molecule has 1 aliphatic heterocycles. The third-order valence-corrected chi connectivity index (χ3v) is 5.49. The Morgan fingerprint density at radius 3 is 2.61 bits per heavy atom. The summed E-state index contributed by atoms with van der Waals surface area (Å²) in [5.74, 6) is -0.729. The van der Waals surface area contributed by atoms with Crippen LogP contribution in [-0.2, 0) is 24.1 Å². The summed E-state index contributed by atoms with van der Waals surface area (Å²) in [4.78, 5) is 15.7. The predicted octanol–water partition coefficient (Wildman–Crippen LogP) is 2.49. The van der Waals surface area contributed by atoms with E-state index in [1.54, 1.807) is 11.3 Å². The van der Waals surface area contributed by atoms with Gasteiger partial charge in [0.05, 0.1) is 6.42 Å². The summed E-state index contributed by atoms with van der Waals surface area (Å²) >= 11 is 1.70. The van der Waals surface area contributed by atoms with E-state index in [0.717, 1.165) is 17.7 Å². The molecule has 1 aliphatic rings. The zero-order valence-electron chi connectivity index (χ0n) is 11.5. The van der Waals surface area contributed by atoms with Gasteiger partial charge in [0.25, 0.3) is 0 Å². The molecule has 0 bridgehead atoms. The number of hydrogen-bond donors (Lipinski definition) is 1. The standard InChI is InChI=1S/C14H21NO2S/c1-8-5-11-10(3)12(7-14(16)17)18-13(11)6-9(2)15(8)4/h8-9H,5-7H2,1-4H3,(H,16,17). The van der Waals surface area contributed by atoms with Gasteiger partial charge < -0.3 is 10.0 Å². The van der Waals surface area contributed by atoms with Crippen LogP contribution < -0.4 is 0 Å². The summed E-state index contributed by atoms with van der Waals surface area (Å²) in [5.41, 5.74) is 2.62. The Hall–Kier alpha value is -0.870. The second-order valence-electron chi connectivity index (χ2n) is 5.39. The summed E-state index contributed by atoms with van der Waals surface area (Å²) in [6, 6.07) is 1.05. The number of thiophene rings is 1. The fraction of sp³-hybridized carbons (Fsp3) is 0.643. The van der Waals surface area contributed by atoms with Gasteiger partial charge in [-0.15, -0.1) is 11.3 Å². The molecular formula is C14H21NO2S. The smallest absolute Gasteiger partial charge is 0.308 e. The zero-order chi connectivity index (χ0) is 13.4. The molecule has 1 N–H and O–H groups in total. The van der Waals surface area contributed by atoms with Crippen LogP contribution in [-0.4, -0.2) is 35.1 Å². The SMILES string of the molecule is Cc1c(CC(=O)O)sc2c1CC(C)N(C)C(C)C2. The van der Waals surface area contributed by atoms with Crippen LogP contribution in [0.4, 0.5) is 0 Å². The molecule has 3 nitrogen and oxygen atoms in total. The van der Waals surface area contributed by atoms with E-state index >= 15 is 0 Å². The number of likely N-dealkylation sites (N-methyl/N-ethyl adjacent to an activating group) is 1. The summed E-state index contributed by atoms with van der Waals surface area (Å²) in [5, 5.41) is 8.95. The molecule has 0 spiro atoms. The van der Waals surface area contributed by atoms with Gasteiger partial charge in [0.15, 0.2) is 0 Å². The van der Waals surface area contributed by atoms with Crippen LogP contribution in [0.5, 0.6) is 0 Å². The first-order valence-electron chi connectivity index (χ1n) is 6.44. The van der Waals surface area contributed by atoms with E-state index in [9.17, 15) is 4.79 Å². The molecule has 0 saturated carbocycles. The lowest BCUT2D eigenvalue weighted by Crippen LogP contribution is -2.37. The maximum absolute atomic E-state index is 10.9. The molecule has 0 fully saturated rings. The number of carbonyl (C=O) groups is 1. The van der Waals surface area contributed by atoms with Crippen molar-refractivity contribution in [2.24, 2.45) is 0 Å². The first-order chi connectivity index (χ1) is 8.40. The summed E-state index contributed by atoms with van der Waals surface area (Å²) in [7, 11) is 2.18. The summed E-state index contributed by atoms with van der Waals surface area (Å²) in [6.45, 7) is 6.58. The Balaban J connectivity index is 2.36. The Morgan fingerprint density at radius 2 is 2.00 bits per heavy atom. The quantitative estimate of drug-likeness (QED) is 0.895. The predicted molar refractivity (Wildman–Crippen MR) is 74.5 cm³/mol. The van der Waals surface area contributed by atoms with Gasteiger partial charge in [0.2, 0.25) is 0 Å². The van der Waals surface area contributed by atoms with Gasteiger partial charge >= 0.3 is 5.97 Å². The zero-order valence-corrected chi connectivity index (χ0v) is 12.3. The molecule has 0 amide bonds. The van der Waals surface area contributed by atoms with Crippen molar-refractivity contribution >= 4 is 17.3 Å². The van der Waals surface area contributed by atoms with Crippen LogP contribution >= 0.6 is 11.3 Å². The maximum atomic E-state index is 10.9. The van der Waals surface area contributed by atoms with E-state index in [1.165, 1.54) is 16.0 Å². The van der Waals surface area contributed by atoms with Crippen molar-refractivity contribution in [3.05, 3.63) is 20.9 Å². The number of aliphatic carboxylic acids is 1. The van der Waals surface area contributed by atoms with E-state index < -0.39 is 5.97 Å². The molecular weight excluding hydrogens is 246 g/mol. The largest absolute Gasteiger partial charge is 0.481 e.